The molecule has 1 heterocycles. The van der Waals surface area contributed by atoms with Gasteiger partial charge in [0.2, 0.25) is 0 Å². The van der Waals surface area contributed by atoms with Crippen molar-refractivity contribution in [2.75, 3.05) is 18.6 Å². The van der Waals surface area contributed by atoms with Crippen LogP contribution in [0.25, 0.3) is 5.57 Å². The maximum absolute atomic E-state index is 11.6. The number of hydrogen-bond donors (Lipinski definition) is 0. The van der Waals surface area contributed by atoms with E-state index in [1.807, 2.05) is 13.8 Å². The molecule has 1 aliphatic rings. The van der Waals surface area contributed by atoms with E-state index >= 15 is 0 Å². The molecular weight excluding hydrogens is 262 g/mol. The largest absolute Gasteiger partial charge is 0.463 e. The number of rotatable bonds is 3. The third-order valence-electron chi connectivity index (χ3n) is 4.77. The number of benzene rings is 1. The van der Waals surface area contributed by atoms with Crippen molar-refractivity contribution >= 4 is 17.2 Å². The van der Waals surface area contributed by atoms with Crippen LogP contribution in [0.3, 0.4) is 0 Å². The zero-order valence-electron chi connectivity index (χ0n) is 13.9. The number of likely N-dealkylation sites (N-methyl/N-ethyl adjacent to an activating group) is 1. The zero-order valence-corrected chi connectivity index (χ0v) is 13.9. The molecule has 0 saturated carbocycles. The molecule has 3 heteroatoms. The predicted octanol–water partition coefficient (Wildman–Crippen LogP) is 3.77. The fourth-order valence-corrected chi connectivity index (χ4v) is 2.97. The van der Waals surface area contributed by atoms with Crippen LogP contribution in [-0.2, 0) is 14.9 Å². The lowest BCUT2D eigenvalue weighted by atomic mass is 9.80. The van der Waals surface area contributed by atoms with Crippen molar-refractivity contribution < 1.29 is 9.53 Å². The van der Waals surface area contributed by atoms with Gasteiger partial charge in [0.05, 0.1) is 6.61 Å². The number of fused-ring (bicyclic) bond motifs is 1. The fourth-order valence-electron chi connectivity index (χ4n) is 2.97. The SMILES string of the molecule is CCOC(=O)/C=C(\C)c1ccc2c(c1)C(C)(C)C(C)N2C. The lowest BCUT2D eigenvalue weighted by Crippen LogP contribution is -2.36. The minimum atomic E-state index is -0.278. The smallest absolute Gasteiger partial charge is 0.331 e. The van der Waals surface area contributed by atoms with E-state index in [1.165, 1.54) is 11.3 Å². The molecule has 2 rings (SSSR count). The van der Waals surface area contributed by atoms with Gasteiger partial charge in [0.1, 0.15) is 0 Å². The highest BCUT2D eigenvalue weighted by Crippen LogP contribution is 2.44. The summed E-state index contributed by atoms with van der Waals surface area (Å²) in [4.78, 5) is 13.9. The molecule has 114 valence electrons. The molecule has 1 aromatic rings. The van der Waals surface area contributed by atoms with Gasteiger partial charge in [-0.15, -0.1) is 0 Å². The first kappa shape index (κ1) is 15.6. The van der Waals surface area contributed by atoms with E-state index in [9.17, 15) is 4.79 Å². The summed E-state index contributed by atoms with van der Waals surface area (Å²) < 4.78 is 4.98. The van der Waals surface area contributed by atoms with Crippen LogP contribution in [-0.4, -0.2) is 25.7 Å². The number of anilines is 1. The average Bonchev–Trinajstić information content (AvgIpc) is 2.60. The number of esters is 1. The molecule has 1 aliphatic heterocycles. The van der Waals surface area contributed by atoms with Gasteiger partial charge in [-0.05, 0) is 49.6 Å². The molecule has 0 amide bonds. The van der Waals surface area contributed by atoms with Gasteiger partial charge in [-0.2, -0.15) is 0 Å². The molecule has 0 N–H and O–H groups in total. The Bertz CT molecular complexity index is 587. The Morgan fingerprint density at radius 2 is 2.10 bits per heavy atom. The molecule has 1 unspecified atom stereocenters. The Kier molecular flexibility index (Phi) is 4.13. The summed E-state index contributed by atoms with van der Waals surface area (Å²) >= 11 is 0. The summed E-state index contributed by atoms with van der Waals surface area (Å²) in [6.45, 7) is 11.0. The summed E-state index contributed by atoms with van der Waals surface area (Å²) in [7, 11) is 2.14. The highest BCUT2D eigenvalue weighted by Gasteiger charge is 2.40. The number of carbonyl (C=O) groups is 1. The number of carbonyl (C=O) groups excluding carboxylic acids is 1. The zero-order chi connectivity index (χ0) is 15.8. The van der Waals surface area contributed by atoms with Crippen LogP contribution in [0.2, 0.25) is 0 Å². The minimum Gasteiger partial charge on any atom is -0.463 e. The first-order valence-electron chi connectivity index (χ1n) is 7.51. The molecular formula is C18H25NO2. The first-order valence-corrected chi connectivity index (χ1v) is 7.51. The lowest BCUT2D eigenvalue weighted by molar-refractivity contribution is -0.137. The van der Waals surface area contributed by atoms with Crippen molar-refractivity contribution in [3.05, 3.63) is 35.4 Å². The summed E-state index contributed by atoms with van der Waals surface area (Å²) in [5.74, 6) is -0.278. The Hall–Kier alpha value is -1.77. The van der Waals surface area contributed by atoms with Crippen LogP contribution < -0.4 is 4.90 Å². The number of hydrogen-bond acceptors (Lipinski definition) is 3. The highest BCUT2D eigenvalue weighted by atomic mass is 16.5. The Morgan fingerprint density at radius 1 is 1.43 bits per heavy atom. The van der Waals surface area contributed by atoms with Crippen molar-refractivity contribution in [3.63, 3.8) is 0 Å². The molecule has 0 bridgehead atoms. The predicted molar refractivity (Wildman–Crippen MR) is 87.6 cm³/mol. The van der Waals surface area contributed by atoms with Gasteiger partial charge < -0.3 is 9.64 Å². The van der Waals surface area contributed by atoms with Crippen molar-refractivity contribution in [1.29, 1.82) is 0 Å². The third-order valence-corrected chi connectivity index (χ3v) is 4.77. The lowest BCUT2D eigenvalue weighted by Gasteiger charge is -2.28. The van der Waals surface area contributed by atoms with Gasteiger partial charge in [0, 0.05) is 30.3 Å². The van der Waals surface area contributed by atoms with Crippen molar-refractivity contribution in [3.8, 4) is 0 Å². The van der Waals surface area contributed by atoms with E-state index in [2.05, 4.69) is 50.9 Å². The summed E-state index contributed by atoms with van der Waals surface area (Å²) in [5.41, 5.74) is 4.74. The van der Waals surface area contributed by atoms with Crippen molar-refractivity contribution in [2.45, 2.75) is 46.1 Å². The van der Waals surface area contributed by atoms with Gasteiger partial charge >= 0.3 is 5.97 Å². The monoisotopic (exact) mass is 287 g/mol. The van der Waals surface area contributed by atoms with Crippen LogP contribution in [0.15, 0.2) is 24.3 Å². The normalized spacial score (nSPS) is 20.4. The Morgan fingerprint density at radius 3 is 2.71 bits per heavy atom. The topological polar surface area (TPSA) is 29.5 Å². The van der Waals surface area contributed by atoms with E-state index in [-0.39, 0.29) is 11.4 Å². The van der Waals surface area contributed by atoms with Crippen molar-refractivity contribution in [2.24, 2.45) is 0 Å². The molecule has 1 aromatic carbocycles. The molecule has 0 aliphatic carbocycles. The number of allylic oxidation sites excluding steroid dienone is 1. The average molecular weight is 287 g/mol. The fraction of sp³-hybridized carbons (Fsp3) is 0.500. The first-order chi connectivity index (χ1) is 9.78. The Labute approximate surface area is 127 Å². The summed E-state index contributed by atoms with van der Waals surface area (Å²) in [6.07, 6.45) is 1.57. The summed E-state index contributed by atoms with van der Waals surface area (Å²) in [6, 6.07) is 6.89. The molecule has 0 saturated heterocycles. The Balaban J connectivity index is 2.39. The van der Waals surface area contributed by atoms with Crippen molar-refractivity contribution in [1.82, 2.24) is 0 Å². The molecule has 0 radical (unpaired) electrons. The molecule has 0 aromatic heterocycles. The number of nitrogens with zero attached hydrogens (tertiary/aromatic N) is 1. The quantitative estimate of drug-likeness (QED) is 0.626. The third kappa shape index (κ3) is 2.69. The van der Waals surface area contributed by atoms with Crippen LogP contribution in [0.5, 0.6) is 0 Å². The highest BCUT2D eigenvalue weighted by molar-refractivity contribution is 5.91. The second-order valence-corrected chi connectivity index (χ2v) is 6.32. The molecule has 21 heavy (non-hydrogen) atoms. The molecule has 0 spiro atoms. The molecule has 0 fully saturated rings. The van der Waals surface area contributed by atoms with E-state index in [0.29, 0.717) is 12.6 Å². The van der Waals surface area contributed by atoms with E-state index in [4.69, 9.17) is 4.74 Å². The van der Waals surface area contributed by atoms with Crippen LogP contribution in [0.1, 0.15) is 45.7 Å². The standard InChI is InChI=1S/C18H25NO2/c1-7-21-17(20)10-12(2)14-8-9-16-15(11-14)18(4,5)13(3)19(16)6/h8-11,13H,7H2,1-6H3/b12-10+. The van der Waals surface area contributed by atoms with E-state index in [1.54, 1.807) is 6.08 Å². The maximum Gasteiger partial charge on any atom is 0.331 e. The maximum atomic E-state index is 11.6. The van der Waals surface area contributed by atoms with Crippen LogP contribution in [0, 0.1) is 0 Å². The number of ether oxygens (including phenoxy) is 1. The molecule has 3 nitrogen and oxygen atoms in total. The van der Waals surface area contributed by atoms with Gasteiger partial charge in [-0.3, -0.25) is 0 Å². The van der Waals surface area contributed by atoms with Crippen LogP contribution >= 0.6 is 0 Å². The summed E-state index contributed by atoms with van der Waals surface area (Å²) in [5, 5.41) is 0. The van der Waals surface area contributed by atoms with Gasteiger partial charge in [-0.25, -0.2) is 4.79 Å². The van der Waals surface area contributed by atoms with E-state index < -0.39 is 0 Å². The van der Waals surface area contributed by atoms with Crippen LogP contribution in [0.4, 0.5) is 5.69 Å². The second-order valence-electron chi connectivity index (χ2n) is 6.32. The second kappa shape index (κ2) is 5.55. The van der Waals surface area contributed by atoms with Gasteiger partial charge in [-0.1, -0.05) is 19.9 Å². The van der Waals surface area contributed by atoms with E-state index in [0.717, 1.165) is 11.1 Å². The van der Waals surface area contributed by atoms with Gasteiger partial charge in [0.25, 0.3) is 0 Å². The van der Waals surface area contributed by atoms with Gasteiger partial charge in [0.15, 0.2) is 0 Å². The minimum absolute atomic E-state index is 0.101. The molecule has 1 atom stereocenters.